The Labute approximate surface area is 158 Å². The van der Waals surface area contributed by atoms with Gasteiger partial charge in [-0.15, -0.1) is 0 Å². The van der Waals surface area contributed by atoms with Crippen molar-refractivity contribution in [2.75, 3.05) is 19.0 Å². The largest absolute Gasteiger partial charge is 0.497 e. The number of carboxylic acid groups (broad SMARTS) is 1. The molecule has 144 valence electrons. The van der Waals surface area contributed by atoms with E-state index < -0.39 is 24.3 Å². The number of nitrogens with one attached hydrogen (secondary N) is 2. The lowest BCUT2D eigenvalue weighted by atomic mass is 10.2. The average molecular weight is 384 g/mol. The molecule has 11 nitrogen and oxygen atoms in total. The number of anilines is 1. The highest BCUT2D eigenvalue weighted by Gasteiger charge is 2.15. The van der Waals surface area contributed by atoms with Crippen LogP contribution >= 0.6 is 0 Å². The summed E-state index contributed by atoms with van der Waals surface area (Å²) >= 11 is 0. The molecule has 0 saturated carbocycles. The first kappa shape index (κ1) is 18.8. The third kappa shape index (κ3) is 4.20. The molecular weight excluding hydrogens is 368 g/mol. The molecule has 0 radical (unpaired) electrons. The van der Waals surface area contributed by atoms with Crippen LogP contribution in [0.4, 0.5) is 5.82 Å². The number of aromatic nitrogens is 4. The van der Waals surface area contributed by atoms with Crippen molar-refractivity contribution < 1.29 is 24.2 Å². The topological polar surface area (TPSA) is 148 Å². The van der Waals surface area contributed by atoms with E-state index in [2.05, 4.69) is 25.6 Å². The molecular formula is C17H16N6O5. The van der Waals surface area contributed by atoms with Gasteiger partial charge < -0.3 is 25.0 Å². The summed E-state index contributed by atoms with van der Waals surface area (Å²) in [5.74, 6) is -1.23. The normalized spacial score (nSPS) is 10.5. The molecule has 3 aromatic rings. The number of fused-ring (bicyclic) bond motifs is 1. The van der Waals surface area contributed by atoms with E-state index in [1.165, 1.54) is 24.3 Å². The second kappa shape index (κ2) is 8.12. The molecule has 0 aliphatic heterocycles. The molecule has 28 heavy (non-hydrogen) atoms. The van der Waals surface area contributed by atoms with Crippen molar-refractivity contribution in [3.63, 3.8) is 0 Å². The van der Waals surface area contributed by atoms with Gasteiger partial charge in [-0.25, -0.2) is 15.0 Å². The number of aliphatic carboxylic acids is 1. The summed E-state index contributed by atoms with van der Waals surface area (Å²) in [6.07, 6.45) is 2.60. The fourth-order valence-corrected chi connectivity index (χ4v) is 2.39. The number of methoxy groups -OCH3 is 1. The maximum Gasteiger partial charge on any atom is 0.322 e. The van der Waals surface area contributed by atoms with E-state index >= 15 is 0 Å². The van der Waals surface area contributed by atoms with Crippen LogP contribution in [0.25, 0.3) is 11.2 Å². The molecule has 0 aliphatic rings. The summed E-state index contributed by atoms with van der Waals surface area (Å²) < 4.78 is 6.49. The van der Waals surface area contributed by atoms with Gasteiger partial charge in [0, 0.05) is 5.56 Å². The molecule has 0 unspecified atom stereocenters. The number of nitrogens with zero attached hydrogens (tertiary/aromatic N) is 4. The molecule has 11 heteroatoms. The number of hydrogen-bond donors (Lipinski definition) is 3. The highest BCUT2D eigenvalue weighted by atomic mass is 16.5. The Bertz CT molecular complexity index is 1030. The second-order valence-electron chi connectivity index (χ2n) is 5.62. The first-order valence-corrected chi connectivity index (χ1v) is 8.07. The number of carbonyl (C=O) groups excluding carboxylic acids is 2. The fraction of sp³-hybridized carbons (Fsp3) is 0.176. The van der Waals surface area contributed by atoms with Gasteiger partial charge in [-0.05, 0) is 24.3 Å². The minimum Gasteiger partial charge on any atom is -0.497 e. The van der Waals surface area contributed by atoms with Gasteiger partial charge in [-0.3, -0.25) is 14.4 Å². The van der Waals surface area contributed by atoms with Gasteiger partial charge in [0.1, 0.15) is 25.2 Å². The number of ether oxygens (including phenoxy) is 1. The zero-order valence-corrected chi connectivity index (χ0v) is 14.7. The SMILES string of the molecule is COc1ccc(C(=O)Nc2ncnc3c2ncn3CC(=O)NCC(=O)O)cc1. The van der Waals surface area contributed by atoms with Crippen molar-refractivity contribution in [1.82, 2.24) is 24.8 Å². The van der Waals surface area contributed by atoms with E-state index in [0.717, 1.165) is 0 Å². The van der Waals surface area contributed by atoms with E-state index in [9.17, 15) is 14.4 Å². The smallest absolute Gasteiger partial charge is 0.322 e. The third-order valence-electron chi connectivity index (χ3n) is 3.74. The van der Waals surface area contributed by atoms with Crippen molar-refractivity contribution in [3.05, 3.63) is 42.5 Å². The highest BCUT2D eigenvalue weighted by Crippen LogP contribution is 2.19. The molecule has 0 bridgehead atoms. The summed E-state index contributed by atoms with van der Waals surface area (Å²) in [6, 6.07) is 6.54. The average Bonchev–Trinajstić information content (AvgIpc) is 3.10. The van der Waals surface area contributed by atoms with Crippen LogP contribution in [0, 0.1) is 0 Å². The van der Waals surface area contributed by atoms with Gasteiger partial charge in [0.05, 0.1) is 13.4 Å². The minimum absolute atomic E-state index is 0.174. The van der Waals surface area contributed by atoms with E-state index in [4.69, 9.17) is 9.84 Å². The molecule has 0 spiro atoms. The molecule has 2 aromatic heterocycles. The van der Waals surface area contributed by atoms with Crippen LogP contribution in [0.1, 0.15) is 10.4 Å². The zero-order chi connectivity index (χ0) is 20.1. The Morgan fingerprint density at radius 2 is 1.89 bits per heavy atom. The predicted molar refractivity (Wildman–Crippen MR) is 96.9 cm³/mol. The van der Waals surface area contributed by atoms with E-state index in [1.807, 2.05) is 0 Å². The van der Waals surface area contributed by atoms with Gasteiger partial charge in [0.25, 0.3) is 5.91 Å². The number of carboxylic acids is 1. The molecule has 0 fully saturated rings. The van der Waals surface area contributed by atoms with E-state index in [-0.39, 0.29) is 12.4 Å². The third-order valence-corrected chi connectivity index (χ3v) is 3.74. The van der Waals surface area contributed by atoms with Crippen molar-refractivity contribution in [3.8, 4) is 5.75 Å². The number of benzene rings is 1. The molecule has 0 atom stereocenters. The number of amides is 2. The summed E-state index contributed by atoms with van der Waals surface area (Å²) in [5.41, 5.74) is 1.03. The summed E-state index contributed by atoms with van der Waals surface area (Å²) in [5, 5.41) is 13.5. The molecule has 0 aliphatic carbocycles. The number of carbonyl (C=O) groups is 3. The molecule has 1 aromatic carbocycles. The Balaban J connectivity index is 1.77. The van der Waals surface area contributed by atoms with E-state index in [0.29, 0.717) is 22.5 Å². The minimum atomic E-state index is -1.14. The van der Waals surface area contributed by atoms with E-state index in [1.54, 1.807) is 24.3 Å². The summed E-state index contributed by atoms with van der Waals surface area (Å²) in [6.45, 7) is -0.656. The Morgan fingerprint density at radius 3 is 2.57 bits per heavy atom. The van der Waals surface area contributed by atoms with Gasteiger partial charge in [0.15, 0.2) is 17.0 Å². The Kier molecular flexibility index (Phi) is 5.44. The van der Waals surface area contributed by atoms with Crippen molar-refractivity contribution in [1.29, 1.82) is 0 Å². The quantitative estimate of drug-likeness (QED) is 0.526. The lowest BCUT2D eigenvalue weighted by Crippen LogP contribution is -2.32. The van der Waals surface area contributed by atoms with Gasteiger partial charge in [0.2, 0.25) is 5.91 Å². The molecule has 0 saturated heterocycles. The van der Waals surface area contributed by atoms with Crippen LogP contribution in [0.15, 0.2) is 36.9 Å². The fourth-order valence-electron chi connectivity index (χ4n) is 2.39. The lowest BCUT2D eigenvalue weighted by Gasteiger charge is -2.07. The van der Waals surface area contributed by atoms with Gasteiger partial charge >= 0.3 is 5.97 Å². The molecule has 2 amide bonds. The van der Waals surface area contributed by atoms with Crippen LogP contribution in [0.5, 0.6) is 5.75 Å². The standard InChI is InChI=1S/C17H16N6O5/c1-28-11-4-2-10(3-5-11)17(27)22-15-14-16(20-8-19-15)23(9-21-14)7-12(24)18-6-13(25)26/h2-5,8-9H,6-7H2,1H3,(H,18,24)(H,25,26)(H,19,20,22,27). The zero-order valence-electron chi connectivity index (χ0n) is 14.7. The maximum absolute atomic E-state index is 12.4. The van der Waals surface area contributed by atoms with Crippen molar-refractivity contribution in [2.45, 2.75) is 6.54 Å². The summed E-state index contributed by atoms with van der Waals surface area (Å²) in [4.78, 5) is 47.0. The summed E-state index contributed by atoms with van der Waals surface area (Å²) in [7, 11) is 1.53. The van der Waals surface area contributed by atoms with Crippen LogP contribution in [-0.4, -0.2) is 56.1 Å². The molecule has 3 N–H and O–H groups in total. The van der Waals surface area contributed by atoms with Gasteiger partial charge in [-0.2, -0.15) is 0 Å². The Hall–Kier alpha value is -4.02. The van der Waals surface area contributed by atoms with Crippen molar-refractivity contribution in [2.24, 2.45) is 0 Å². The number of rotatable bonds is 7. The number of imidazole rings is 1. The molecule has 2 heterocycles. The van der Waals surface area contributed by atoms with Crippen LogP contribution in [0.2, 0.25) is 0 Å². The first-order valence-electron chi connectivity index (χ1n) is 8.07. The van der Waals surface area contributed by atoms with Crippen LogP contribution in [-0.2, 0) is 16.1 Å². The maximum atomic E-state index is 12.4. The highest BCUT2D eigenvalue weighted by molar-refractivity contribution is 6.06. The van der Waals surface area contributed by atoms with Crippen molar-refractivity contribution >= 4 is 34.8 Å². The molecule has 3 rings (SSSR count). The van der Waals surface area contributed by atoms with Gasteiger partial charge in [-0.1, -0.05) is 0 Å². The monoisotopic (exact) mass is 384 g/mol. The second-order valence-corrected chi connectivity index (χ2v) is 5.62. The predicted octanol–water partition coefficient (Wildman–Crippen LogP) is 0.288. The van der Waals surface area contributed by atoms with Crippen LogP contribution < -0.4 is 15.4 Å². The first-order chi connectivity index (χ1) is 13.5. The van der Waals surface area contributed by atoms with Crippen LogP contribution in [0.3, 0.4) is 0 Å². The Morgan fingerprint density at radius 1 is 1.14 bits per heavy atom. The number of hydrogen-bond acceptors (Lipinski definition) is 7. The lowest BCUT2D eigenvalue weighted by molar-refractivity contribution is -0.138.